The number of carbonyl (C=O) groups excluding carboxylic acids is 2. The fourth-order valence-electron chi connectivity index (χ4n) is 2.29. The molecule has 0 bridgehead atoms. The lowest BCUT2D eigenvalue weighted by atomic mass is 10.1. The van der Waals surface area contributed by atoms with Crippen LogP contribution in [0.2, 0.25) is 0 Å². The third-order valence-corrected chi connectivity index (χ3v) is 4.52. The third-order valence-electron chi connectivity index (χ3n) is 3.45. The number of aromatic nitrogens is 1. The van der Waals surface area contributed by atoms with Gasteiger partial charge in [-0.15, -0.1) is 0 Å². The minimum atomic E-state index is -0.285. The first kappa shape index (κ1) is 16.8. The van der Waals surface area contributed by atoms with Crippen molar-refractivity contribution in [2.45, 2.75) is 6.92 Å². The number of ketones is 1. The molecule has 4 nitrogen and oxygen atoms in total. The van der Waals surface area contributed by atoms with Crippen LogP contribution in [0.4, 0.5) is 5.13 Å². The maximum absolute atomic E-state index is 12.1. The van der Waals surface area contributed by atoms with Crippen LogP contribution >= 0.6 is 11.3 Å². The Morgan fingerprint density at radius 2 is 1.64 bits per heavy atom. The molecule has 5 heteroatoms. The molecule has 0 saturated heterocycles. The first-order valence-electron chi connectivity index (χ1n) is 7.75. The molecule has 0 radical (unpaired) electrons. The molecule has 0 saturated carbocycles. The molecule has 0 atom stereocenters. The zero-order chi connectivity index (χ0) is 17.6. The molecule has 1 heterocycles. The molecule has 0 unspecified atom stereocenters. The highest BCUT2D eigenvalue weighted by atomic mass is 32.1. The second-order valence-corrected chi connectivity index (χ2v) is 6.35. The fraction of sp³-hybridized carbons (Fsp3) is 0.0500. The van der Waals surface area contributed by atoms with Crippen LogP contribution in [0, 0.1) is 0 Å². The van der Waals surface area contributed by atoms with Gasteiger partial charge in [0.05, 0.1) is 10.6 Å². The lowest BCUT2D eigenvalue weighted by molar-refractivity contribution is -0.111. The summed E-state index contributed by atoms with van der Waals surface area (Å²) >= 11 is 1.19. The van der Waals surface area contributed by atoms with Crippen molar-refractivity contribution in [1.82, 2.24) is 4.98 Å². The zero-order valence-corrected chi connectivity index (χ0v) is 14.4. The molecule has 0 aliphatic rings. The van der Waals surface area contributed by atoms with Crippen molar-refractivity contribution in [3.63, 3.8) is 0 Å². The zero-order valence-electron chi connectivity index (χ0n) is 13.6. The van der Waals surface area contributed by atoms with Crippen LogP contribution in [0.5, 0.6) is 0 Å². The summed E-state index contributed by atoms with van der Waals surface area (Å²) in [4.78, 5) is 29.0. The van der Waals surface area contributed by atoms with Gasteiger partial charge in [-0.2, -0.15) is 0 Å². The molecule has 124 valence electrons. The van der Waals surface area contributed by atoms with Crippen molar-refractivity contribution in [3.05, 3.63) is 77.2 Å². The molecule has 3 rings (SSSR count). The molecule has 1 aromatic heterocycles. The van der Waals surface area contributed by atoms with E-state index in [2.05, 4.69) is 10.3 Å². The van der Waals surface area contributed by atoms with Gasteiger partial charge in [-0.3, -0.25) is 14.9 Å². The number of nitrogens with zero attached hydrogens (tertiary/aromatic N) is 1. The van der Waals surface area contributed by atoms with E-state index in [1.54, 1.807) is 6.08 Å². The quantitative estimate of drug-likeness (QED) is 0.539. The number of anilines is 1. The molecule has 1 N–H and O–H groups in total. The molecule has 25 heavy (non-hydrogen) atoms. The minimum absolute atomic E-state index is 0.0725. The van der Waals surface area contributed by atoms with E-state index in [1.807, 2.05) is 60.7 Å². The highest BCUT2D eigenvalue weighted by molar-refractivity contribution is 7.18. The van der Waals surface area contributed by atoms with Crippen molar-refractivity contribution in [3.8, 4) is 11.3 Å². The number of carbonyl (C=O) groups is 2. The molecular formula is C20H16N2O2S. The summed E-state index contributed by atoms with van der Waals surface area (Å²) in [6.07, 6.45) is 3.18. The molecular weight excluding hydrogens is 332 g/mol. The minimum Gasteiger partial charge on any atom is -0.298 e. The summed E-state index contributed by atoms with van der Waals surface area (Å²) in [5.41, 5.74) is 2.39. The molecule has 3 aromatic rings. The second-order valence-electron chi connectivity index (χ2n) is 5.35. The van der Waals surface area contributed by atoms with Gasteiger partial charge in [-0.25, -0.2) is 4.98 Å². The Kier molecular flexibility index (Phi) is 5.16. The van der Waals surface area contributed by atoms with Crippen LogP contribution in [0.1, 0.15) is 22.2 Å². The van der Waals surface area contributed by atoms with Gasteiger partial charge in [0.1, 0.15) is 0 Å². The number of hydrogen-bond acceptors (Lipinski definition) is 4. The number of benzene rings is 2. The maximum Gasteiger partial charge on any atom is 0.250 e. The second kappa shape index (κ2) is 7.68. The molecule has 0 fully saturated rings. The number of thiazole rings is 1. The van der Waals surface area contributed by atoms with E-state index >= 15 is 0 Å². The lowest BCUT2D eigenvalue weighted by Crippen LogP contribution is -2.07. The monoisotopic (exact) mass is 348 g/mol. The predicted molar refractivity (Wildman–Crippen MR) is 102 cm³/mol. The summed E-state index contributed by atoms with van der Waals surface area (Å²) in [5, 5.41) is 3.14. The van der Waals surface area contributed by atoms with Crippen molar-refractivity contribution in [2.75, 3.05) is 5.32 Å². The standard InChI is InChI=1S/C20H16N2O2S/c1-14(23)19-18(16-10-6-3-7-11-16)22-20(25-19)21-17(24)13-12-15-8-4-2-5-9-15/h2-13H,1H3,(H,21,22,24)/b13-12+. The van der Waals surface area contributed by atoms with Crippen LogP contribution in [-0.2, 0) is 4.79 Å². The van der Waals surface area contributed by atoms with Crippen LogP contribution in [0.3, 0.4) is 0 Å². The number of amides is 1. The SMILES string of the molecule is CC(=O)c1sc(NC(=O)/C=C/c2ccccc2)nc1-c1ccccc1. The molecule has 0 aliphatic heterocycles. The van der Waals surface area contributed by atoms with Crippen LogP contribution in [0.15, 0.2) is 66.7 Å². The first-order chi connectivity index (χ1) is 12.1. The Balaban J connectivity index is 1.80. The summed E-state index contributed by atoms with van der Waals surface area (Å²) in [6, 6.07) is 19.0. The van der Waals surface area contributed by atoms with Gasteiger partial charge in [0.25, 0.3) is 0 Å². The summed E-state index contributed by atoms with van der Waals surface area (Å²) in [7, 11) is 0. The van der Waals surface area contributed by atoms with Gasteiger partial charge in [0.15, 0.2) is 10.9 Å². The third kappa shape index (κ3) is 4.28. The Labute approximate surface area is 149 Å². The molecule has 1 amide bonds. The van der Waals surface area contributed by atoms with Crippen molar-refractivity contribution in [2.24, 2.45) is 0 Å². The van der Waals surface area contributed by atoms with Crippen LogP contribution in [0.25, 0.3) is 17.3 Å². The van der Waals surface area contributed by atoms with Crippen molar-refractivity contribution < 1.29 is 9.59 Å². The summed E-state index contributed by atoms with van der Waals surface area (Å²) in [5.74, 6) is -0.357. The number of Topliss-reactive ketones (excluding diaryl/α,β-unsaturated/α-hetero) is 1. The van der Waals surface area contributed by atoms with E-state index in [0.717, 1.165) is 11.1 Å². The highest BCUT2D eigenvalue weighted by Crippen LogP contribution is 2.31. The largest absolute Gasteiger partial charge is 0.298 e. The smallest absolute Gasteiger partial charge is 0.250 e. The van der Waals surface area contributed by atoms with E-state index in [9.17, 15) is 9.59 Å². The number of hydrogen-bond donors (Lipinski definition) is 1. The molecule has 0 aliphatic carbocycles. The van der Waals surface area contributed by atoms with E-state index < -0.39 is 0 Å². The van der Waals surface area contributed by atoms with Gasteiger partial charge >= 0.3 is 0 Å². The number of rotatable bonds is 5. The van der Waals surface area contributed by atoms with Gasteiger partial charge < -0.3 is 0 Å². The normalized spacial score (nSPS) is 10.8. The van der Waals surface area contributed by atoms with E-state index in [1.165, 1.54) is 24.3 Å². The van der Waals surface area contributed by atoms with E-state index in [0.29, 0.717) is 15.7 Å². The van der Waals surface area contributed by atoms with Gasteiger partial charge in [0.2, 0.25) is 5.91 Å². The predicted octanol–water partition coefficient (Wildman–Crippen LogP) is 4.66. The Hall–Kier alpha value is -3.05. The lowest BCUT2D eigenvalue weighted by Gasteiger charge is -1.98. The van der Waals surface area contributed by atoms with E-state index in [-0.39, 0.29) is 11.7 Å². The maximum atomic E-state index is 12.1. The Morgan fingerprint density at radius 1 is 1.00 bits per heavy atom. The Bertz CT molecular complexity index is 915. The average molecular weight is 348 g/mol. The fourth-order valence-corrected chi connectivity index (χ4v) is 3.17. The van der Waals surface area contributed by atoms with Crippen LogP contribution < -0.4 is 5.32 Å². The van der Waals surface area contributed by atoms with Crippen molar-refractivity contribution >= 4 is 34.2 Å². The first-order valence-corrected chi connectivity index (χ1v) is 8.56. The molecule has 2 aromatic carbocycles. The number of nitrogens with one attached hydrogen (secondary N) is 1. The topological polar surface area (TPSA) is 59.1 Å². The van der Waals surface area contributed by atoms with Crippen LogP contribution in [-0.4, -0.2) is 16.7 Å². The van der Waals surface area contributed by atoms with E-state index in [4.69, 9.17) is 0 Å². The average Bonchev–Trinajstić information content (AvgIpc) is 3.06. The van der Waals surface area contributed by atoms with Gasteiger partial charge in [-0.1, -0.05) is 72.0 Å². The Morgan fingerprint density at radius 3 is 2.28 bits per heavy atom. The summed E-state index contributed by atoms with van der Waals surface area (Å²) < 4.78 is 0. The molecule has 0 spiro atoms. The summed E-state index contributed by atoms with van der Waals surface area (Å²) in [6.45, 7) is 1.50. The highest BCUT2D eigenvalue weighted by Gasteiger charge is 2.17. The van der Waals surface area contributed by atoms with Gasteiger partial charge in [-0.05, 0) is 11.6 Å². The van der Waals surface area contributed by atoms with Gasteiger partial charge in [0, 0.05) is 18.6 Å². The van der Waals surface area contributed by atoms with Crippen molar-refractivity contribution in [1.29, 1.82) is 0 Å².